The van der Waals surface area contributed by atoms with Gasteiger partial charge >= 0.3 is 11.7 Å². The topological polar surface area (TPSA) is 111 Å². The maximum atomic E-state index is 11.3. The van der Waals surface area contributed by atoms with Crippen molar-refractivity contribution >= 4 is 33.2 Å². The summed E-state index contributed by atoms with van der Waals surface area (Å²) in [4.78, 5) is 25.5. The summed E-state index contributed by atoms with van der Waals surface area (Å²) >= 11 is 1.29. The molecule has 0 amide bonds. The molecule has 0 aliphatic rings. The Morgan fingerprint density at radius 1 is 1.45 bits per heavy atom. The van der Waals surface area contributed by atoms with Crippen LogP contribution in [0.15, 0.2) is 30.0 Å². The summed E-state index contributed by atoms with van der Waals surface area (Å²) in [5.74, 6) is -1.14. The number of carboxylic acid groups (broad SMARTS) is 1. The Hall–Kier alpha value is -2.81. The van der Waals surface area contributed by atoms with E-state index in [-0.39, 0.29) is 22.5 Å². The molecule has 0 fully saturated rings. The van der Waals surface area contributed by atoms with Gasteiger partial charge in [-0.05, 0) is 12.1 Å². The van der Waals surface area contributed by atoms with E-state index < -0.39 is 10.9 Å². The molecule has 0 saturated carbocycles. The van der Waals surface area contributed by atoms with Gasteiger partial charge in [-0.15, -0.1) is 11.3 Å². The summed E-state index contributed by atoms with van der Waals surface area (Å²) in [6.45, 7) is 0. The highest BCUT2D eigenvalue weighted by Gasteiger charge is 2.23. The van der Waals surface area contributed by atoms with Crippen molar-refractivity contribution in [2.75, 3.05) is 0 Å². The van der Waals surface area contributed by atoms with E-state index in [1.54, 1.807) is 6.07 Å². The van der Waals surface area contributed by atoms with Crippen LogP contribution in [-0.2, 0) is 0 Å². The fourth-order valence-electron chi connectivity index (χ4n) is 1.84. The highest BCUT2D eigenvalue weighted by atomic mass is 32.1. The van der Waals surface area contributed by atoms with Gasteiger partial charge in [-0.1, -0.05) is 0 Å². The Morgan fingerprint density at radius 2 is 2.25 bits per heavy atom. The highest BCUT2D eigenvalue weighted by molar-refractivity contribution is 7.16. The van der Waals surface area contributed by atoms with E-state index in [1.807, 2.05) is 0 Å². The lowest BCUT2D eigenvalue weighted by Crippen LogP contribution is -2.01. The van der Waals surface area contributed by atoms with Crippen molar-refractivity contribution in [2.24, 2.45) is 0 Å². The molecule has 0 saturated heterocycles. The van der Waals surface area contributed by atoms with E-state index in [9.17, 15) is 14.9 Å². The van der Waals surface area contributed by atoms with E-state index in [4.69, 9.17) is 5.11 Å². The van der Waals surface area contributed by atoms with Crippen LogP contribution in [0.3, 0.4) is 0 Å². The Morgan fingerprint density at radius 3 is 2.90 bits per heavy atom. The smallest absolute Gasteiger partial charge is 0.338 e. The minimum Gasteiger partial charge on any atom is -0.478 e. The fraction of sp³-hybridized carbons (Fsp3) is 0. The third kappa shape index (κ3) is 1.80. The number of carboxylic acids is 1. The van der Waals surface area contributed by atoms with Crippen molar-refractivity contribution in [2.45, 2.75) is 0 Å². The van der Waals surface area contributed by atoms with Crippen molar-refractivity contribution in [3.63, 3.8) is 0 Å². The predicted molar refractivity (Wildman–Crippen MR) is 70.4 cm³/mol. The average Bonchev–Trinajstić information content (AvgIpc) is 3.05. The van der Waals surface area contributed by atoms with Gasteiger partial charge in [-0.25, -0.2) is 14.5 Å². The molecule has 0 spiro atoms. The molecule has 20 heavy (non-hydrogen) atoms. The van der Waals surface area contributed by atoms with Gasteiger partial charge in [0, 0.05) is 6.20 Å². The number of hydrogen-bond acceptors (Lipinski definition) is 6. The molecule has 3 aromatic rings. The number of thiazole rings is 1. The molecule has 9 heteroatoms. The molecule has 8 nitrogen and oxygen atoms in total. The van der Waals surface area contributed by atoms with Gasteiger partial charge in [0.05, 0.1) is 26.9 Å². The van der Waals surface area contributed by atoms with Crippen LogP contribution in [0.2, 0.25) is 0 Å². The zero-order valence-corrected chi connectivity index (χ0v) is 10.6. The lowest BCUT2D eigenvalue weighted by molar-refractivity contribution is -0.383. The third-order valence-corrected chi connectivity index (χ3v) is 3.51. The number of fused-ring (bicyclic) bond motifs is 1. The van der Waals surface area contributed by atoms with Crippen molar-refractivity contribution in [1.82, 2.24) is 14.8 Å². The minimum atomic E-state index is -1.14. The first kappa shape index (κ1) is 12.2. The Balaban J connectivity index is 2.26. The summed E-state index contributed by atoms with van der Waals surface area (Å²) in [7, 11) is 0. The summed E-state index contributed by atoms with van der Waals surface area (Å²) in [6.07, 6.45) is 2.36. The second-order valence-corrected chi connectivity index (χ2v) is 4.75. The first-order valence-corrected chi connectivity index (χ1v) is 6.25. The SMILES string of the molecule is O=C(O)c1cnn(-c2ccc3scnc3c2[N+](=O)[O-])c1. The Kier molecular flexibility index (Phi) is 2.68. The van der Waals surface area contributed by atoms with Crippen LogP contribution in [0, 0.1) is 10.1 Å². The van der Waals surface area contributed by atoms with Gasteiger partial charge in [0.2, 0.25) is 0 Å². The van der Waals surface area contributed by atoms with Gasteiger partial charge in [0.25, 0.3) is 0 Å². The van der Waals surface area contributed by atoms with Gasteiger partial charge in [-0.2, -0.15) is 5.10 Å². The van der Waals surface area contributed by atoms with Crippen molar-refractivity contribution < 1.29 is 14.8 Å². The van der Waals surface area contributed by atoms with Gasteiger partial charge in [0.15, 0.2) is 5.52 Å². The van der Waals surface area contributed by atoms with E-state index >= 15 is 0 Å². The first-order chi connectivity index (χ1) is 9.58. The standard InChI is InChI=1S/C11H6N4O4S/c16-11(17)6-3-13-14(4-6)7-1-2-8-9(12-5-20-8)10(7)15(18)19/h1-5H,(H,16,17). The van der Waals surface area contributed by atoms with Gasteiger partial charge < -0.3 is 5.11 Å². The van der Waals surface area contributed by atoms with Crippen LogP contribution in [0.4, 0.5) is 5.69 Å². The predicted octanol–water partition coefficient (Wildman–Crippen LogP) is 2.09. The van der Waals surface area contributed by atoms with Crippen LogP contribution < -0.4 is 0 Å². The number of nitrogens with zero attached hydrogens (tertiary/aromatic N) is 4. The van der Waals surface area contributed by atoms with E-state index in [2.05, 4.69) is 10.1 Å². The number of rotatable bonds is 3. The lowest BCUT2D eigenvalue weighted by Gasteiger charge is -2.03. The van der Waals surface area contributed by atoms with Crippen LogP contribution in [0.25, 0.3) is 15.9 Å². The number of aromatic nitrogens is 3. The number of aromatic carboxylic acids is 1. The maximum Gasteiger partial charge on any atom is 0.338 e. The van der Waals surface area contributed by atoms with Gasteiger partial charge in [0.1, 0.15) is 5.69 Å². The molecule has 2 aromatic heterocycles. The largest absolute Gasteiger partial charge is 0.478 e. The lowest BCUT2D eigenvalue weighted by atomic mass is 10.2. The van der Waals surface area contributed by atoms with Gasteiger partial charge in [-0.3, -0.25) is 10.1 Å². The van der Waals surface area contributed by atoms with Crippen LogP contribution in [0.1, 0.15) is 10.4 Å². The molecule has 1 aromatic carbocycles. The number of carbonyl (C=O) groups is 1. The Labute approximate surface area is 115 Å². The molecule has 2 heterocycles. The summed E-state index contributed by atoms with van der Waals surface area (Å²) < 4.78 is 1.85. The second-order valence-electron chi connectivity index (χ2n) is 3.87. The zero-order chi connectivity index (χ0) is 14.3. The number of nitro groups is 1. The van der Waals surface area contributed by atoms with E-state index in [1.165, 1.54) is 33.8 Å². The molecule has 0 aliphatic carbocycles. The summed E-state index contributed by atoms with van der Waals surface area (Å²) in [5.41, 5.74) is 1.74. The molecule has 0 bridgehead atoms. The molecular weight excluding hydrogens is 284 g/mol. The van der Waals surface area contributed by atoms with Crippen molar-refractivity contribution in [3.8, 4) is 5.69 Å². The molecule has 1 N–H and O–H groups in total. The number of hydrogen-bond donors (Lipinski definition) is 1. The third-order valence-electron chi connectivity index (χ3n) is 2.71. The minimum absolute atomic E-state index is 0.0438. The van der Waals surface area contributed by atoms with E-state index in [0.29, 0.717) is 4.70 Å². The van der Waals surface area contributed by atoms with E-state index in [0.717, 1.165) is 6.20 Å². The molecular formula is C11H6N4O4S. The van der Waals surface area contributed by atoms with Crippen LogP contribution in [-0.4, -0.2) is 30.8 Å². The summed E-state index contributed by atoms with van der Waals surface area (Å²) in [5, 5.41) is 24.0. The van der Waals surface area contributed by atoms with Crippen molar-refractivity contribution in [1.29, 1.82) is 0 Å². The first-order valence-electron chi connectivity index (χ1n) is 5.37. The number of benzene rings is 1. The monoisotopic (exact) mass is 290 g/mol. The highest BCUT2D eigenvalue weighted by Crippen LogP contribution is 2.32. The molecule has 100 valence electrons. The van der Waals surface area contributed by atoms with Crippen LogP contribution >= 0.6 is 11.3 Å². The van der Waals surface area contributed by atoms with Crippen molar-refractivity contribution in [3.05, 3.63) is 45.7 Å². The fourth-order valence-corrected chi connectivity index (χ4v) is 2.52. The summed E-state index contributed by atoms with van der Waals surface area (Å²) in [6, 6.07) is 3.22. The maximum absolute atomic E-state index is 11.3. The molecule has 3 rings (SSSR count). The molecule has 0 atom stereocenters. The molecule has 0 unspecified atom stereocenters. The molecule has 0 aliphatic heterocycles. The number of nitro benzene ring substituents is 1. The zero-order valence-electron chi connectivity index (χ0n) is 9.76. The quantitative estimate of drug-likeness (QED) is 0.584. The average molecular weight is 290 g/mol. The normalized spacial score (nSPS) is 10.8. The Bertz CT molecular complexity index is 838. The second kappa shape index (κ2) is 4.38. The molecule has 0 radical (unpaired) electrons. The van der Waals surface area contributed by atoms with Crippen LogP contribution in [0.5, 0.6) is 0 Å².